The van der Waals surface area contributed by atoms with Gasteiger partial charge in [-0.25, -0.2) is 0 Å². The smallest absolute Gasteiger partial charge is 0.267 e. The topological polar surface area (TPSA) is 43.4 Å². The van der Waals surface area contributed by atoms with Crippen molar-refractivity contribution in [3.8, 4) is 0 Å². The first kappa shape index (κ1) is 8.01. The lowest BCUT2D eigenvalue weighted by Gasteiger charge is -2.11. The minimum atomic E-state index is -3.27. The van der Waals surface area contributed by atoms with E-state index >= 15 is 0 Å². The van der Waals surface area contributed by atoms with Crippen LogP contribution >= 0.6 is 0 Å². The molecule has 60 valence electrons. The van der Waals surface area contributed by atoms with Crippen LogP contribution in [0.4, 0.5) is 0 Å². The molecule has 0 saturated carbocycles. The summed E-state index contributed by atoms with van der Waals surface area (Å²) < 4.78 is 26.2. The summed E-state index contributed by atoms with van der Waals surface area (Å²) >= 11 is 0. The quantitative estimate of drug-likeness (QED) is 0.500. The summed E-state index contributed by atoms with van der Waals surface area (Å²) in [6.07, 6.45) is 0.440. The van der Waals surface area contributed by atoms with E-state index in [2.05, 4.69) is 0 Å². The SMILES string of the molecule is C[C@H]1CC(C)(C)S(=O)(=O)O1. The number of rotatable bonds is 0. The highest BCUT2D eigenvalue weighted by Crippen LogP contribution is 2.33. The highest BCUT2D eigenvalue weighted by atomic mass is 32.2. The Kier molecular flexibility index (Phi) is 1.56. The molecular formula is C6H12O3S. The molecule has 1 aliphatic heterocycles. The fourth-order valence-corrected chi connectivity index (χ4v) is 2.37. The summed E-state index contributed by atoms with van der Waals surface area (Å²) in [7, 11) is -3.27. The predicted octanol–water partition coefficient (Wildman–Crippen LogP) is 0.904. The van der Waals surface area contributed by atoms with Crippen LogP contribution in [0.25, 0.3) is 0 Å². The molecule has 0 aromatic carbocycles. The second-order valence-electron chi connectivity index (χ2n) is 3.32. The lowest BCUT2D eigenvalue weighted by Crippen LogP contribution is -2.25. The summed E-state index contributed by atoms with van der Waals surface area (Å²) in [6, 6.07) is 0. The molecule has 1 heterocycles. The lowest BCUT2D eigenvalue weighted by molar-refractivity contribution is 0.255. The summed E-state index contributed by atoms with van der Waals surface area (Å²) in [5.74, 6) is 0. The molecule has 1 atom stereocenters. The standard InChI is InChI=1S/C6H12O3S/c1-5-4-6(2,3)10(7,8)9-5/h5H,4H2,1-3H3/t5-/m0/s1. The molecule has 0 spiro atoms. The molecule has 0 amide bonds. The first-order valence-electron chi connectivity index (χ1n) is 3.28. The molecule has 0 N–H and O–H groups in total. The van der Waals surface area contributed by atoms with Crippen molar-refractivity contribution in [1.29, 1.82) is 0 Å². The molecule has 1 rings (SSSR count). The average Bonchev–Trinajstić information content (AvgIpc) is 1.73. The van der Waals surface area contributed by atoms with Gasteiger partial charge in [-0.05, 0) is 27.2 Å². The Morgan fingerprint density at radius 1 is 1.50 bits per heavy atom. The van der Waals surface area contributed by atoms with Crippen LogP contribution in [0.2, 0.25) is 0 Å². The summed E-state index contributed by atoms with van der Waals surface area (Å²) in [5.41, 5.74) is 0. The van der Waals surface area contributed by atoms with Crippen LogP contribution in [0.1, 0.15) is 27.2 Å². The Morgan fingerprint density at radius 2 is 2.00 bits per heavy atom. The molecule has 4 heteroatoms. The third kappa shape index (κ3) is 1.06. The van der Waals surface area contributed by atoms with E-state index in [0.717, 1.165) is 0 Å². The summed E-state index contributed by atoms with van der Waals surface area (Å²) in [4.78, 5) is 0. The number of hydrogen-bond acceptors (Lipinski definition) is 3. The minimum absolute atomic E-state index is 0.153. The van der Waals surface area contributed by atoms with Gasteiger partial charge >= 0.3 is 0 Å². The van der Waals surface area contributed by atoms with Gasteiger partial charge in [0, 0.05) is 0 Å². The van der Waals surface area contributed by atoms with Crippen molar-refractivity contribution in [1.82, 2.24) is 0 Å². The van der Waals surface area contributed by atoms with Crippen LogP contribution in [-0.2, 0) is 14.3 Å². The van der Waals surface area contributed by atoms with Crippen LogP contribution in [-0.4, -0.2) is 19.3 Å². The Balaban J connectivity index is 3.01. The maximum atomic E-state index is 11.1. The van der Waals surface area contributed by atoms with E-state index in [1.807, 2.05) is 0 Å². The first-order chi connectivity index (χ1) is 4.35. The van der Waals surface area contributed by atoms with E-state index in [-0.39, 0.29) is 6.10 Å². The molecule has 1 saturated heterocycles. The van der Waals surface area contributed by atoms with E-state index in [9.17, 15) is 8.42 Å². The third-order valence-electron chi connectivity index (χ3n) is 1.75. The molecule has 10 heavy (non-hydrogen) atoms. The van der Waals surface area contributed by atoms with Crippen LogP contribution in [0.15, 0.2) is 0 Å². The van der Waals surface area contributed by atoms with Crippen LogP contribution in [0.3, 0.4) is 0 Å². The predicted molar refractivity (Wildman–Crippen MR) is 38.2 cm³/mol. The van der Waals surface area contributed by atoms with Gasteiger partial charge < -0.3 is 0 Å². The molecule has 1 fully saturated rings. The Bertz CT molecular complexity index is 227. The normalized spacial score (nSPS) is 36.1. The van der Waals surface area contributed by atoms with Crippen molar-refractivity contribution >= 4 is 10.1 Å². The van der Waals surface area contributed by atoms with Gasteiger partial charge in [0.25, 0.3) is 10.1 Å². The fourth-order valence-electron chi connectivity index (χ4n) is 1.17. The highest BCUT2D eigenvalue weighted by molar-refractivity contribution is 7.88. The Labute approximate surface area is 61.5 Å². The van der Waals surface area contributed by atoms with Crippen molar-refractivity contribution in [2.45, 2.75) is 38.0 Å². The van der Waals surface area contributed by atoms with E-state index in [0.29, 0.717) is 6.42 Å². The van der Waals surface area contributed by atoms with Crippen LogP contribution in [0.5, 0.6) is 0 Å². The fraction of sp³-hybridized carbons (Fsp3) is 1.00. The first-order valence-corrected chi connectivity index (χ1v) is 4.69. The average molecular weight is 164 g/mol. The molecule has 0 bridgehead atoms. The maximum absolute atomic E-state index is 11.1. The van der Waals surface area contributed by atoms with Crippen molar-refractivity contribution in [3.63, 3.8) is 0 Å². The van der Waals surface area contributed by atoms with Crippen molar-refractivity contribution in [3.05, 3.63) is 0 Å². The molecular weight excluding hydrogens is 152 g/mol. The van der Waals surface area contributed by atoms with Gasteiger partial charge in [-0.15, -0.1) is 0 Å². The number of hydrogen-bond donors (Lipinski definition) is 0. The second kappa shape index (κ2) is 1.95. The van der Waals surface area contributed by atoms with Crippen molar-refractivity contribution in [2.24, 2.45) is 0 Å². The third-order valence-corrected chi connectivity index (χ3v) is 3.85. The van der Waals surface area contributed by atoms with Gasteiger partial charge in [0.1, 0.15) is 0 Å². The lowest BCUT2D eigenvalue weighted by atomic mass is 10.1. The monoisotopic (exact) mass is 164 g/mol. The van der Waals surface area contributed by atoms with E-state index in [4.69, 9.17) is 4.18 Å². The van der Waals surface area contributed by atoms with Gasteiger partial charge in [0.15, 0.2) is 0 Å². The van der Waals surface area contributed by atoms with E-state index in [1.165, 1.54) is 0 Å². The maximum Gasteiger partial charge on any atom is 0.272 e. The zero-order chi connectivity index (χ0) is 7.99. The zero-order valence-corrected chi connectivity index (χ0v) is 7.23. The minimum Gasteiger partial charge on any atom is -0.267 e. The second-order valence-corrected chi connectivity index (χ2v) is 5.53. The molecule has 0 unspecified atom stereocenters. The van der Waals surface area contributed by atoms with E-state index < -0.39 is 14.9 Å². The van der Waals surface area contributed by atoms with Gasteiger partial charge in [-0.3, -0.25) is 4.18 Å². The molecule has 0 aromatic rings. The van der Waals surface area contributed by atoms with Crippen LogP contribution in [0, 0.1) is 0 Å². The van der Waals surface area contributed by atoms with Gasteiger partial charge in [0.2, 0.25) is 0 Å². The largest absolute Gasteiger partial charge is 0.272 e. The zero-order valence-electron chi connectivity index (χ0n) is 6.42. The Hall–Kier alpha value is -0.0900. The van der Waals surface area contributed by atoms with Crippen LogP contribution < -0.4 is 0 Å². The molecule has 0 aromatic heterocycles. The Morgan fingerprint density at radius 3 is 2.10 bits per heavy atom. The summed E-state index contributed by atoms with van der Waals surface area (Å²) in [6.45, 7) is 5.14. The highest BCUT2D eigenvalue weighted by Gasteiger charge is 2.44. The van der Waals surface area contributed by atoms with E-state index in [1.54, 1.807) is 20.8 Å². The molecule has 1 aliphatic rings. The molecule has 3 nitrogen and oxygen atoms in total. The van der Waals surface area contributed by atoms with Crippen molar-refractivity contribution < 1.29 is 12.6 Å². The van der Waals surface area contributed by atoms with Gasteiger partial charge in [0.05, 0.1) is 10.9 Å². The molecule has 0 aliphatic carbocycles. The van der Waals surface area contributed by atoms with Gasteiger partial charge in [-0.1, -0.05) is 0 Å². The van der Waals surface area contributed by atoms with Gasteiger partial charge in [-0.2, -0.15) is 8.42 Å². The molecule has 0 radical (unpaired) electrons. The van der Waals surface area contributed by atoms with Crippen molar-refractivity contribution in [2.75, 3.05) is 0 Å². The summed E-state index contributed by atoms with van der Waals surface area (Å²) in [5, 5.41) is 0.